The summed E-state index contributed by atoms with van der Waals surface area (Å²) in [6, 6.07) is 0. The molecule has 0 saturated carbocycles. The highest BCUT2D eigenvalue weighted by molar-refractivity contribution is 7.16. The summed E-state index contributed by atoms with van der Waals surface area (Å²) in [6.45, 7) is 1.08. The van der Waals surface area contributed by atoms with Crippen molar-refractivity contribution in [3.8, 4) is 0 Å². The number of carboxylic acid groups (broad SMARTS) is 1. The van der Waals surface area contributed by atoms with Crippen molar-refractivity contribution in [2.75, 3.05) is 0 Å². The largest absolute Gasteiger partial charge is 0.481 e. The van der Waals surface area contributed by atoms with Crippen molar-refractivity contribution in [1.29, 1.82) is 0 Å². The minimum Gasteiger partial charge on any atom is -0.481 e. The van der Waals surface area contributed by atoms with Gasteiger partial charge in [0.15, 0.2) is 0 Å². The Morgan fingerprint density at radius 3 is 1.71 bits per heavy atom. The Bertz CT molecular complexity index is 56.7. The van der Waals surface area contributed by atoms with Crippen molar-refractivity contribution in [3.05, 3.63) is 0 Å². The van der Waals surface area contributed by atoms with Crippen molar-refractivity contribution >= 4 is 14.7 Å². The van der Waals surface area contributed by atoms with Crippen LogP contribution in [-0.2, 0) is 9.36 Å². The summed E-state index contributed by atoms with van der Waals surface area (Å²) < 4.78 is 8.46. The smallest absolute Gasteiger partial charge is 0.324 e. The van der Waals surface area contributed by atoms with Gasteiger partial charge in [0.1, 0.15) is 0 Å². The first-order valence-electron chi connectivity index (χ1n) is 1.31. The van der Waals surface area contributed by atoms with Crippen LogP contribution in [0.2, 0.25) is 0 Å². The molecule has 0 aromatic carbocycles. The first-order chi connectivity index (χ1) is 3.15. The van der Waals surface area contributed by atoms with E-state index in [-0.39, 0.29) is 0 Å². The molecule has 0 heterocycles. The summed E-state index contributed by atoms with van der Waals surface area (Å²) in [7, 11) is -0.833. The molecule has 0 aliphatic carbocycles. The molecule has 7 heavy (non-hydrogen) atoms. The molecule has 0 atom stereocenters. The first kappa shape index (κ1) is 9.73. The summed E-state index contributed by atoms with van der Waals surface area (Å²) >= 11 is 0. The van der Waals surface area contributed by atoms with Gasteiger partial charge in [-0.2, -0.15) is 0 Å². The molecule has 2 N–H and O–H groups in total. The Hall–Kier alpha value is -0.470. The minimum atomic E-state index is -0.833. The van der Waals surface area contributed by atoms with Gasteiger partial charge in [-0.1, -0.05) is 0 Å². The average Bonchev–Trinajstić information content (AvgIpc) is 1.33. The molecule has 0 aliphatic heterocycles. The SMILES string of the molecule is CC(=O)O.O=PO. The summed E-state index contributed by atoms with van der Waals surface area (Å²) in [6.07, 6.45) is 0. The van der Waals surface area contributed by atoms with Crippen molar-refractivity contribution in [3.63, 3.8) is 0 Å². The molecular formula is C2H5O4P. The quantitative estimate of drug-likeness (QED) is 0.454. The highest BCUT2D eigenvalue weighted by Gasteiger charge is 1.65. The molecule has 4 nitrogen and oxygen atoms in total. The van der Waals surface area contributed by atoms with Gasteiger partial charge in [-0.05, 0) is 0 Å². The molecule has 0 fully saturated rings. The Morgan fingerprint density at radius 1 is 1.71 bits per heavy atom. The fourth-order valence-corrected chi connectivity index (χ4v) is 0. The van der Waals surface area contributed by atoms with Crippen LogP contribution < -0.4 is 0 Å². The third-order valence-corrected chi connectivity index (χ3v) is 0. The Morgan fingerprint density at radius 2 is 1.71 bits per heavy atom. The lowest BCUT2D eigenvalue weighted by molar-refractivity contribution is -0.134. The first-order valence-corrected chi connectivity index (χ1v) is 2.08. The van der Waals surface area contributed by atoms with Gasteiger partial charge < -0.3 is 10.00 Å². The van der Waals surface area contributed by atoms with Crippen LogP contribution in [0.3, 0.4) is 0 Å². The highest BCUT2D eigenvalue weighted by Crippen LogP contribution is 1.66. The van der Waals surface area contributed by atoms with Gasteiger partial charge in [0.25, 0.3) is 5.97 Å². The van der Waals surface area contributed by atoms with E-state index in [9.17, 15) is 0 Å². The van der Waals surface area contributed by atoms with E-state index in [1.165, 1.54) is 0 Å². The molecule has 0 saturated heterocycles. The topological polar surface area (TPSA) is 74.6 Å². The predicted molar refractivity (Wildman–Crippen MR) is 23.1 cm³/mol. The van der Waals surface area contributed by atoms with Crippen molar-refractivity contribution in [2.24, 2.45) is 0 Å². The lowest BCUT2D eigenvalue weighted by Gasteiger charge is -1.59. The van der Waals surface area contributed by atoms with Gasteiger partial charge in [-0.3, -0.25) is 4.79 Å². The number of hydrogen-bond donors (Lipinski definition) is 2. The van der Waals surface area contributed by atoms with Crippen LogP contribution in [0.15, 0.2) is 0 Å². The van der Waals surface area contributed by atoms with Crippen LogP contribution >= 0.6 is 8.69 Å². The summed E-state index contributed by atoms with van der Waals surface area (Å²) in [4.78, 5) is 16.0. The van der Waals surface area contributed by atoms with E-state index >= 15 is 0 Å². The predicted octanol–water partition coefficient (Wildman–Crippen LogP) is 0.276. The number of carboxylic acids is 1. The van der Waals surface area contributed by atoms with Crippen LogP contribution in [0.25, 0.3) is 0 Å². The number of aliphatic carboxylic acids is 1. The number of hydrogen-bond acceptors (Lipinski definition) is 2. The molecule has 0 amide bonds. The van der Waals surface area contributed by atoms with Gasteiger partial charge in [-0.25, -0.2) is 4.57 Å². The molecular weight excluding hydrogens is 119 g/mol. The lowest BCUT2D eigenvalue weighted by atomic mass is 10.9. The van der Waals surface area contributed by atoms with Crippen LogP contribution in [0.5, 0.6) is 0 Å². The van der Waals surface area contributed by atoms with Crippen LogP contribution in [0, 0.1) is 0 Å². The molecule has 42 valence electrons. The van der Waals surface area contributed by atoms with E-state index in [0.717, 1.165) is 6.92 Å². The van der Waals surface area contributed by atoms with Crippen molar-refractivity contribution in [1.82, 2.24) is 0 Å². The maximum absolute atomic E-state index is 9.00. The molecule has 0 aliphatic rings. The summed E-state index contributed by atoms with van der Waals surface area (Å²) in [5.41, 5.74) is 0. The Balaban J connectivity index is 0. The van der Waals surface area contributed by atoms with Crippen LogP contribution in [-0.4, -0.2) is 16.0 Å². The average molecular weight is 124 g/mol. The molecule has 0 spiro atoms. The number of rotatable bonds is 0. The zero-order valence-corrected chi connectivity index (χ0v) is 4.55. The third kappa shape index (κ3) is 312. The minimum absolute atomic E-state index is 0.833. The zero-order valence-electron chi connectivity index (χ0n) is 3.66. The maximum Gasteiger partial charge on any atom is 0.324 e. The van der Waals surface area contributed by atoms with Gasteiger partial charge in [0, 0.05) is 6.92 Å². The normalized spacial score (nSPS) is 6.57. The Labute approximate surface area is 42.1 Å². The maximum atomic E-state index is 9.00. The molecule has 0 rings (SSSR count). The van der Waals surface area contributed by atoms with E-state index in [1.54, 1.807) is 0 Å². The highest BCUT2D eigenvalue weighted by atomic mass is 31.1. The molecule has 0 radical (unpaired) electrons. The van der Waals surface area contributed by atoms with Crippen LogP contribution in [0.4, 0.5) is 0 Å². The van der Waals surface area contributed by atoms with Crippen LogP contribution in [0.1, 0.15) is 6.92 Å². The van der Waals surface area contributed by atoms with E-state index in [1.807, 2.05) is 0 Å². The van der Waals surface area contributed by atoms with Crippen molar-refractivity contribution < 1.29 is 19.4 Å². The lowest BCUT2D eigenvalue weighted by Crippen LogP contribution is -1.78. The van der Waals surface area contributed by atoms with E-state index in [4.69, 9.17) is 19.4 Å². The summed E-state index contributed by atoms with van der Waals surface area (Å²) in [5.74, 6) is -0.833. The van der Waals surface area contributed by atoms with Gasteiger partial charge in [0.05, 0.1) is 0 Å². The standard InChI is InChI=1S/C2H4O2.HO2P/c1-2(3)4;1-3-2/h1H3,(H,3,4);(H,1,2). The molecule has 5 heteroatoms. The van der Waals surface area contributed by atoms with E-state index in [0.29, 0.717) is 0 Å². The van der Waals surface area contributed by atoms with Gasteiger partial charge >= 0.3 is 8.69 Å². The molecule has 0 bridgehead atoms. The molecule has 0 unspecified atom stereocenters. The summed E-state index contributed by atoms with van der Waals surface area (Å²) in [5, 5.41) is 7.42. The third-order valence-electron chi connectivity index (χ3n) is 0. The second kappa shape index (κ2) is 9.11. The monoisotopic (exact) mass is 124 g/mol. The molecule has 0 aromatic rings. The Kier molecular flexibility index (Phi) is 12.7. The van der Waals surface area contributed by atoms with Crippen molar-refractivity contribution in [2.45, 2.75) is 6.92 Å². The fraction of sp³-hybridized carbons (Fsp3) is 0.500. The second-order valence-electron chi connectivity index (χ2n) is 0.601. The molecule has 0 aromatic heterocycles. The zero-order chi connectivity index (χ0) is 6.28. The van der Waals surface area contributed by atoms with E-state index < -0.39 is 14.7 Å². The second-order valence-corrected chi connectivity index (χ2v) is 0.764. The van der Waals surface area contributed by atoms with Gasteiger partial charge in [0.2, 0.25) is 0 Å². The number of carbonyl (C=O) groups is 1. The fourth-order valence-electron chi connectivity index (χ4n) is 0. The van der Waals surface area contributed by atoms with Gasteiger partial charge in [-0.15, -0.1) is 0 Å². The van der Waals surface area contributed by atoms with E-state index in [2.05, 4.69) is 0 Å².